The van der Waals surface area contributed by atoms with Crippen LogP contribution in [0.3, 0.4) is 0 Å². The highest BCUT2D eigenvalue weighted by Gasteiger charge is 2.07. The molecule has 0 heterocycles. The highest BCUT2D eigenvalue weighted by molar-refractivity contribution is 5.43. The maximum atomic E-state index is 4.08. The van der Waals surface area contributed by atoms with Crippen molar-refractivity contribution in [3.63, 3.8) is 0 Å². The van der Waals surface area contributed by atoms with Gasteiger partial charge in [-0.15, -0.1) is 19.7 Å². The summed E-state index contributed by atoms with van der Waals surface area (Å²) in [5, 5.41) is 5.86. The third-order valence-corrected chi connectivity index (χ3v) is 7.03. The molecule has 406 valence electrons. The van der Waals surface area contributed by atoms with Crippen molar-refractivity contribution in [2.45, 2.75) is 238 Å². The fourth-order valence-corrected chi connectivity index (χ4v) is 3.39. The third kappa shape index (κ3) is 152. The van der Waals surface area contributed by atoms with Crippen LogP contribution in [-0.2, 0) is 0 Å². The number of rotatable bonds is 12. The molecule has 2 nitrogen and oxygen atoms in total. The molecule has 0 radical (unpaired) electrons. The van der Waals surface area contributed by atoms with Crippen LogP contribution in [0.15, 0.2) is 158 Å². The summed E-state index contributed by atoms with van der Waals surface area (Å²) in [6, 6.07) is 0. The summed E-state index contributed by atoms with van der Waals surface area (Å²) in [6.45, 7) is 84.8. The van der Waals surface area contributed by atoms with E-state index in [9.17, 15) is 0 Å². The van der Waals surface area contributed by atoms with Crippen molar-refractivity contribution in [2.75, 3.05) is 14.1 Å². The zero-order chi connectivity index (χ0) is 57.3. The SMILES string of the molecule is C=C.C=C(C)C.C=C(C)C(=C\C)/C=C(\C)C(=C)C(C)C.C=C/C(C)=C\C=C(/C)NC(=C)C.C=C/C=C\C=C(C)C.CC.CC.CC.CC(C)(C)C.CC1CCCC1.CCCC.CCCC.CNC. The van der Waals surface area contributed by atoms with Crippen LogP contribution in [0, 0.1) is 17.3 Å². The molecule has 0 aromatic heterocycles. The first-order chi connectivity index (χ1) is 31.6. The van der Waals surface area contributed by atoms with E-state index >= 15 is 0 Å². The maximum Gasteiger partial charge on any atom is 0.0117 e. The van der Waals surface area contributed by atoms with Crippen LogP contribution >= 0.6 is 0 Å². The van der Waals surface area contributed by atoms with Gasteiger partial charge in [0.05, 0.1) is 0 Å². The van der Waals surface area contributed by atoms with Crippen LogP contribution < -0.4 is 10.6 Å². The Morgan fingerprint density at radius 3 is 1.18 bits per heavy atom. The average molecular weight is 954 g/mol. The lowest BCUT2D eigenvalue weighted by molar-refractivity contribution is 0.469. The van der Waals surface area contributed by atoms with Gasteiger partial charge in [0.1, 0.15) is 0 Å². The van der Waals surface area contributed by atoms with Crippen LogP contribution in [0.5, 0.6) is 0 Å². The molecule has 0 bridgehead atoms. The zero-order valence-corrected chi connectivity index (χ0v) is 52.7. The largest absolute Gasteiger partial charge is 0.363 e. The quantitative estimate of drug-likeness (QED) is 0.150. The summed E-state index contributed by atoms with van der Waals surface area (Å²) in [5.41, 5.74) is 10.9. The average Bonchev–Trinajstić information content (AvgIpc) is 3.77. The summed E-state index contributed by atoms with van der Waals surface area (Å²) >= 11 is 0. The van der Waals surface area contributed by atoms with Crippen LogP contribution in [-0.4, -0.2) is 14.1 Å². The predicted molar refractivity (Wildman–Crippen MR) is 335 cm³/mol. The smallest absolute Gasteiger partial charge is 0.0117 e. The van der Waals surface area contributed by atoms with E-state index < -0.39 is 0 Å². The lowest BCUT2D eigenvalue weighted by atomic mass is 9.95. The molecule has 1 rings (SSSR count). The molecule has 1 fully saturated rings. The van der Waals surface area contributed by atoms with Crippen molar-refractivity contribution in [3.05, 3.63) is 158 Å². The first kappa shape index (κ1) is 94.3. The zero-order valence-electron chi connectivity index (χ0n) is 52.7. The molecule has 0 spiro atoms. The Balaban J connectivity index is -0.0000000530. The van der Waals surface area contributed by atoms with Crippen LogP contribution in [0.4, 0.5) is 0 Å². The number of allylic oxidation sites excluding steroid dienone is 18. The van der Waals surface area contributed by atoms with Gasteiger partial charge in [-0.3, -0.25) is 0 Å². The normalized spacial score (nSPS) is 11.0. The Bertz CT molecular complexity index is 1220. The molecule has 68 heavy (non-hydrogen) atoms. The Morgan fingerprint density at radius 2 is 0.985 bits per heavy atom. The molecule has 0 amide bonds. The summed E-state index contributed by atoms with van der Waals surface area (Å²) in [7, 11) is 3.75. The molecule has 2 N–H and O–H groups in total. The summed E-state index contributed by atoms with van der Waals surface area (Å²) in [4.78, 5) is 0. The lowest BCUT2D eigenvalue weighted by Gasteiger charge is -2.11. The minimum absolute atomic E-state index is 0.500. The summed E-state index contributed by atoms with van der Waals surface area (Å²) < 4.78 is 0. The van der Waals surface area contributed by atoms with Crippen LogP contribution in [0.2, 0.25) is 0 Å². The molecule has 0 atom stereocenters. The first-order valence-electron chi connectivity index (χ1n) is 26.3. The number of hydrogen-bond acceptors (Lipinski definition) is 2. The number of nitrogens with one attached hydrogen (secondary N) is 2. The van der Waals surface area contributed by atoms with E-state index in [4.69, 9.17) is 0 Å². The van der Waals surface area contributed by atoms with Crippen molar-refractivity contribution >= 4 is 0 Å². The molecule has 0 saturated heterocycles. The van der Waals surface area contributed by atoms with E-state index in [1.807, 2.05) is 141 Å². The number of unbranched alkanes of at least 4 members (excludes halogenated alkanes) is 2. The molecular weight excluding hydrogens is 821 g/mol. The van der Waals surface area contributed by atoms with Crippen molar-refractivity contribution in [2.24, 2.45) is 17.3 Å². The first-order valence-corrected chi connectivity index (χ1v) is 26.3. The standard InChI is InChI=1S/C14H22.C11H17N.C8H12.C6H12.C5H12.C4H8.2C4H10.C2H7N.3C2H6.C2H4/c1-8-14(11(4)5)9-12(6)13(7)10(2)3;1-6-10(4)7-8-11(5)12-9(2)3;1-4-5-6-7-8(2)3;1-6-4-2-3-5-6;1-5(2,3)4;1-4(2)3;2*1-3-4-2;1-3-2;4*1-2/h8-10H,4,7H2,1-3,5-6H3;6-8,12H,1-2H2,3-5H3;4-7H,1H2,2-3H3;6H,2-5H2,1H3;1-4H3;1H2,2-3H3;2*3-4H2,1-2H3;3H,1-2H3;3*1-2H3;1-2H2/b12-9+,14-8-;10-7-,11-8+;6-5-;;;;;;;;;;. The highest BCUT2D eigenvalue weighted by atomic mass is 14.9. The monoisotopic (exact) mass is 953 g/mol. The van der Waals surface area contributed by atoms with E-state index in [2.05, 4.69) is 172 Å². The fraction of sp³-hybridized carbons (Fsp3) is 0.606. The van der Waals surface area contributed by atoms with Crippen molar-refractivity contribution in [3.8, 4) is 0 Å². The van der Waals surface area contributed by atoms with Crippen molar-refractivity contribution < 1.29 is 0 Å². The minimum atomic E-state index is 0.500. The molecular formula is C66H132N2. The van der Waals surface area contributed by atoms with E-state index in [1.165, 1.54) is 79.2 Å². The molecule has 1 aliphatic carbocycles. The van der Waals surface area contributed by atoms with Crippen LogP contribution in [0.25, 0.3) is 0 Å². The van der Waals surface area contributed by atoms with Gasteiger partial charge in [-0.2, -0.15) is 0 Å². The molecule has 1 saturated carbocycles. The van der Waals surface area contributed by atoms with Gasteiger partial charge >= 0.3 is 0 Å². The lowest BCUT2D eigenvalue weighted by Crippen LogP contribution is -2.05. The Labute approximate surface area is 436 Å². The molecule has 1 aliphatic rings. The van der Waals surface area contributed by atoms with Crippen molar-refractivity contribution in [1.29, 1.82) is 0 Å². The van der Waals surface area contributed by atoms with E-state index in [0.717, 1.165) is 28.5 Å². The predicted octanol–water partition coefficient (Wildman–Crippen LogP) is 23.7. The second-order valence-electron chi connectivity index (χ2n) is 17.9. The second kappa shape index (κ2) is 83.4. The fourth-order valence-electron chi connectivity index (χ4n) is 3.39. The van der Waals surface area contributed by atoms with Gasteiger partial charge in [-0.25, -0.2) is 0 Å². The molecule has 0 aliphatic heterocycles. The van der Waals surface area contributed by atoms with Gasteiger partial charge in [0.15, 0.2) is 0 Å². The Kier molecular flexibility index (Phi) is 116. The maximum absolute atomic E-state index is 4.08. The summed E-state index contributed by atoms with van der Waals surface area (Å²) in [6.07, 6.45) is 29.0. The Hall–Kier alpha value is -3.62. The minimum Gasteiger partial charge on any atom is -0.363 e. The second-order valence-corrected chi connectivity index (χ2v) is 17.9. The third-order valence-electron chi connectivity index (χ3n) is 7.03. The van der Waals surface area contributed by atoms with Gasteiger partial charge in [0, 0.05) is 11.4 Å². The highest BCUT2D eigenvalue weighted by Crippen LogP contribution is 2.23. The van der Waals surface area contributed by atoms with Crippen molar-refractivity contribution in [1.82, 2.24) is 10.6 Å². The molecule has 0 aromatic carbocycles. The number of hydrogen-bond donors (Lipinski definition) is 2. The van der Waals surface area contributed by atoms with E-state index in [1.54, 1.807) is 6.08 Å². The van der Waals surface area contributed by atoms with Crippen LogP contribution in [0.1, 0.15) is 238 Å². The topological polar surface area (TPSA) is 24.1 Å². The Morgan fingerprint density at radius 1 is 0.647 bits per heavy atom. The van der Waals surface area contributed by atoms with Gasteiger partial charge in [0.2, 0.25) is 0 Å². The molecule has 2 heteroatoms. The van der Waals surface area contributed by atoms with E-state index in [-0.39, 0.29) is 0 Å². The van der Waals surface area contributed by atoms with Gasteiger partial charge < -0.3 is 10.6 Å². The van der Waals surface area contributed by atoms with Gasteiger partial charge in [-0.05, 0) is 123 Å². The van der Waals surface area contributed by atoms with Gasteiger partial charge in [0.25, 0.3) is 0 Å². The molecule has 0 unspecified atom stereocenters. The van der Waals surface area contributed by atoms with Gasteiger partial charge in [-0.1, -0.05) is 273 Å². The summed E-state index contributed by atoms with van der Waals surface area (Å²) in [5.74, 6) is 1.56. The molecule has 0 aromatic rings. The van der Waals surface area contributed by atoms with E-state index in [0.29, 0.717) is 11.3 Å².